The molecule has 0 radical (unpaired) electrons. The van der Waals surface area contributed by atoms with Gasteiger partial charge in [0, 0.05) is 13.0 Å². The van der Waals surface area contributed by atoms with Gasteiger partial charge in [-0.2, -0.15) is 0 Å². The smallest absolute Gasteiger partial charge is 0.222 e. The summed E-state index contributed by atoms with van der Waals surface area (Å²) in [4.78, 5) is 15.0. The van der Waals surface area contributed by atoms with E-state index in [0.717, 1.165) is 6.42 Å². The van der Waals surface area contributed by atoms with Crippen molar-refractivity contribution >= 4 is 5.91 Å². The standard InChI is InChI=1S/C25H40N2O2/c1-5-29-19-11-23(28)26-22-10-12-25(21-9-7-6-8-20(21)22)14-17-27(18-15-25)16-13-24(2,3)4/h6-9,22H,5,10-19H2,1-4H3,(H,26,28)/t22-/m0/s1. The first-order valence-corrected chi connectivity index (χ1v) is 11.5. The van der Waals surface area contributed by atoms with Crippen LogP contribution in [0.1, 0.15) is 83.4 Å². The number of hydrogen-bond donors (Lipinski definition) is 1. The van der Waals surface area contributed by atoms with E-state index in [1.165, 1.54) is 56.4 Å². The van der Waals surface area contributed by atoms with Crippen LogP contribution in [0.2, 0.25) is 0 Å². The predicted molar refractivity (Wildman–Crippen MR) is 119 cm³/mol. The second-order valence-corrected chi connectivity index (χ2v) is 10.1. The molecule has 1 N–H and O–H groups in total. The molecule has 0 saturated carbocycles. The van der Waals surface area contributed by atoms with Crippen molar-refractivity contribution in [1.29, 1.82) is 0 Å². The quantitative estimate of drug-likeness (QED) is 0.666. The Hall–Kier alpha value is -1.39. The monoisotopic (exact) mass is 400 g/mol. The average molecular weight is 401 g/mol. The van der Waals surface area contributed by atoms with Crippen molar-refractivity contribution in [1.82, 2.24) is 10.2 Å². The van der Waals surface area contributed by atoms with Crippen molar-refractivity contribution in [2.24, 2.45) is 5.41 Å². The van der Waals surface area contributed by atoms with Crippen molar-refractivity contribution in [2.45, 2.75) is 77.7 Å². The molecule has 4 nitrogen and oxygen atoms in total. The fourth-order valence-electron chi connectivity index (χ4n) is 4.94. The predicted octanol–water partition coefficient (Wildman–Crippen LogP) is 4.83. The van der Waals surface area contributed by atoms with Crippen LogP contribution in [-0.4, -0.2) is 43.7 Å². The molecule has 1 aromatic rings. The van der Waals surface area contributed by atoms with Crippen molar-refractivity contribution < 1.29 is 9.53 Å². The summed E-state index contributed by atoms with van der Waals surface area (Å²) in [5.41, 5.74) is 3.52. The molecule has 0 unspecified atom stereocenters. The first-order chi connectivity index (χ1) is 13.8. The average Bonchev–Trinajstić information content (AvgIpc) is 2.70. The number of likely N-dealkylation sites (tertiary alicyclic amines) is 1. The molecule has 1 saturated heterocycles. The van der Waals surface area contributed by atoms with Gasteiger partial charge in [-0.3, -0.25) is 4.79 Å². The Kier molecular flexibility index (Phi) is 7.39. The molecule has 1 amide bonds. The summed E-state index contributed by atoms with van der Waals surface area (Å²) in [5.74, 6) is 0.103. The number of amides is 1. The van der Waals surface area contributed by atoms with E-state index in [4.69, 9.17) is 4.74 Å². The third-order valence-electron chi connectivity index (χ3n) is 6.82. The van der Waals surface area contributed by atoms with E-state index < -0.39 is 0 Å². The van der Waals surface area contributed by atoms with E-state index in [1.807, 2.05) is 6.92 Å². The number of benzene rings is 1. The van der Waals surface area contributed by atoms with E-state index >= 15 is 0 Å². The van der Waals surface area contributed by atoms with Crippen molar-refractivity contribution in [2.75, 3.05) is 32.8 Å². The van der Waals surface area contributed by atoms with Crippen molar-refractivity contribution in [3.8, 4) is 0 Å². The lowest BCUT2D eigenvalue weighted by Crippen LogP contribution is -2.46. The van der Waals surface area contributed by atoms with Gasteiger partial charge >= 0.3 is 0 Å². The molecule has 1 spiro atoms. The van der Waals surface area contributed by atoms with Gasteiger partial charge in [0.25, 0.3) is 0 Å². The van der Waals surface area contributed by atoms with E-state index in [9.17, 15) is 4.79 Å². The number of piperidine rings is 1. The third-order valence-corrected chi connectivity index (χ3v) is 6.82. The molecule has 2 aliphatic rings. The number of carbonyl (C=O) groups is 1. The molecule has 1 aromatic carbocycles. The molecule has 0 bridgehead atoms. The lowest BCUT2D eigenvalue weighted by Gasteiger charge is -2.47. The normalized spacial score (nSPS) is 21.7. The van der Waals surface area contributed by atoms with Crippen LogP contribution in [0.4, 0.5) is 0 Å². The van der Waals surface area contributed by atoms with Gasteiger partial charge in [-0.05, 0) is 80.6 Å². The highest BCUT2D eigenvalue weighted by Crippen LogP contribution is 2.48. The van der Waals surface area contributed by atoms with E-state index in [-0.39, 0.29) is 11.9 Å². The van der Waals surface area contributed by atoms with Crippen molar-refractivity contribution in [3.05, 3.63) is 35.4 Å². The molecule has 162 valence electrons. The molecule has 29 heavy (non-hydrogen) atoms. The number of nitrogens with one attached hydrogen (secondary N) is 1. The van der Waals surface area contributed by atoms with Gasteiger partial charge in [-0.15, -0.1) is 0 Å². The number of fused-ring (bicyclic) bond motifs is 2. The lowest BCUT2D eigenvalue weighted by molar-refractivity contribution is -0.123. The molecule has 0 aromatic heterocycles. The van der Waals surface area contributed by atoms with Crippen molar-refractivity contribution in [3.63, 3.8) is 0 Å². The highest BCUT2D eigenvalue weighted by Gasteiger charge is 2.42. The van der Waals surface area contributed by atoms with Gasteiger partial charge in [-0.1, -0.05) is 45.0 Å². The largest absolute Gasteiger partial charge is 0.381 e. The fraction of sp³-hybridized carbons (Fsp3) is 0.720. The zero-order valence-corrected chi connectivity index (χ0v) is 18.9. The highest BCUT2D eigenvalue weighted by atomic mass is 16.5. The molecular formula is C25H40N2O2. The van der Waals surface area contributed by atoms with Crippen LogP contribution in [0.25, 0.3) is 0 Å². The minimum absolute atomic E-state index is 0.103. The van der Waals surface area contributed by atoms with Crippen LogP contribution in [-0.2, 0) is 14.9 Å². The van der Waals surface area contributed by atoms with Gasteiger partial charge in [0.1, 0.15) is 0 Å². The molecule has 4 heteroatoms. The maximum atomic E-state index is 12.4. The molecule has 1 aliphatic heterocycles. The van der Waals surface area contributed by atoms with Crippen LogP contribution in [0.5, 0.6) is 0 Å². The SMILES string of the molecule is CCOCCC(=O)N[C@H]1CCC2(CCN(CCC(C)(C)C)CC2)c2ccccc21. The number of rotatable bonds is 7. The molecular weight excluding hydrogens is 360 g/mol. The fourth-order valence-corrected chi connectivity index (χ4v) is 4.94. The minimum Gasteiger partial charge on any atom is -0.381 e. The Labute approximate surface area is 177 Å². The molecule has 1 atom stereocenters. The Morgan fingerprint density at radius 3 is 2.62 bits per heavy atom. The minimum atomic E-state index is 0.103. The summed E-state index contributed by atoms with van der Waals surface area (Å²) >= 11 is 0. The maximum Gasteiger partial charge on any atom is 0.222 e. The first-order valence-electron chi connectivity index (χ1n) is 11.5. The summed E-state index contributed by atoms with van der Waals surface area (Å²) < 4.78 is 5.34. The molecule has 1 heterocycles. The number of hydrogen-bond acceptors (Lipinski definition) is 3. The van der Waals surface area contributed by atoms with Gasteiger partial charge < -0.3 is 15.0 Å². The van der Waals surface area contributed by atoms with Crippen LogP contribution in [0.15, 0.2) is 24.3 Å². The zero-order valence-electron chi connectivity index (χ0n) is 18.9. The first kappa shape index (κ1) is 22.3. The highest BCUT2D eigenvalue weighted by molar-refractivity contribution is 5.76. The topological polar surface area (TPSA) is 41.6 Å². The third kappa shape index (κ3) is 5.82. The maximum absolute atomic E-state index is 12.4. The summed E-state index contributed by atoms with van der Waals surface area (Å²) in [6.07, 6.45) is 6.39. The summed E-state index contributed by atoms with van der Waals surface area (Å²) in [6, 6.07) is 8.99. The summed E-state index contributed by atoms with van der Waals surface area (Å²) in [6.45, 7) is 13.7. The summed E-state index contributed by atoms with van der Waals surface area (Å²) in [7, 11) is 0. The zero-order chi connectivity index (χ0) is 20.9. The van der Waals surface area contributed by atoms with E-state index in [2.05, 4.69) is 55.3 Å². The molecule has 1 aliphatic carbocycles. The van der Waals surface area contributed by atoms with E-state index in [0.29, 0.717) is 30.5 Å². The van der Waals surface area contributed by atoms with Gasteiger partial charge in [0.15, 0.2) is 0 Å². The Morgan fingerprint density at radius 1 is 1.21 bits per heavy atom. The number of carbonyl (C=O) groups excluding carboxylic acids is 1. The van der Waals surface area contributed by atoms with Gasteiger partial charge in [0.05, 0.1) is 12.6 Å². The Balaban J connectivity index is 1.64. The second kappa shape index (κ2) is 9.61. The Morgan fingerprint density at radius 2 is 1.93 bits per heavy atom. The van der Waals surface area contributed by atoms with Gasteiger partial charge in [-0.25, -0.2) is 0 Å². The van der Waals surface area contributed by atoms with E-state index in [1.54, 1.807) is 0 Å². The molecule has 1 fully saturated rings. The molecule has 3 rings (SSSR count). The number of ether oxygens (including phenoxy) is 1. The van der Waals surface area contributed by atoms with Gasteiger partial charge in [0.2, 0.25) is 5.91 Å². The van der Waals surface area contributed by atoms with Crippen LogP contribution >= 0.6 is 0 Å². The van der Waals surface area contributed by atoms with Crippen LogP contribution in [0.3, 0.4) is 0 Å². The van der Waals surface area contributed by atoms with Crippen LogP contribution in [0, 0.1) is 5.41 Å². The summed E-state index contributed by atoms with van der Waals surface area (Å²) in [5, 5.41) is 3.27. The lowest BCUT2D eigenvalue weighted by atomic mass is 9.63. The Bertz CT molecular complexity index is 672. The number of nitrogens with zero attached hydrogens (tertiary/aromatic N) is 1. The second-order valence-electron chi connectivity index (χ2n) is 10.1. The van der Waals surface area contributed by atoms with Crippen LogP contribution < -0.4 is 5.32 Å².